The lowest BCUT2D eigenvalue weighted by Crippen LogP contribution is -2.40. The van der Waals surface area contributed by atoms with E-state index >= 15 is 0 Å². The Morgan fingerprint density at radius 1 is 1.39 bits per heavy atom. The van der Waals surface area contributed by atoms with E-state index in [1.54, 1.807) is 0 Å². The lowest BCUT2D eigenvalue weighted by atomic mass is 10.0. The zero-order chi connectivity index (χ0) is 12.4. The molecule has 2 heterocycles. The Labute approximate surface area is 108 Å². The van der Waals surface area contributed by atoms with Crippen LogP contribution < -0.4 is 10.1 Å². The summed E-state index contributed by atoms with van der Waals surface area (Å²) >= 11 is 0. The van der Waals surface area contributed by atoms with E-state index in [1.165, 1.54) is 12.0 Å². The first kappa shape index (κ1) is 12.0. The molecule has 3 unspecified atom stereocenters. The second-order valence-corrected chi connectivity index (χ2v) is 5.37. The molecule has 0 aliphatic carbocycles. The lowest BCUT2D eigenvalue weighted by molar-refractivity contribution is 0.173. The van der Waals surface area contributed by atoms with Crippen LogP contribution in [0.15, 0.2) is 24.3 Å². The number of fused-ring (bicyclic) bond motifs is 1. The summed E-state index contributed by atoms with van der Waals surface area (Å²) in [6, 6.07) is 8.84. The number of benzene rings is 1. The molecule has 0 aromatic heterocycles. The van der Waals surface area contributed by atoms with E-state index in [9.17, 15) is 0 Å². The van der Waals surface area contributed by atoms with Crippen molar-refractivity contribution in [3.05, 3.63) is 29.8 Å². The topological polar surface area (TPSA) is 30.5 Å². The molecular weight excluding hydrogens is 226 g/mol. The van der Waals surface area contributed by atoms with Crippen LogP contribution in [0.1, 0.15) is 18.9 Å². The van der Waals surface area contributed by atoms with Gasteiger partial charge in [-0.2, -0.15) is 0 Å². The van der Waals surface area contributed by atoms with Gasteiger partial charge in [0.1, 0.15) is 11.9 Å². The molecule has 0 radical (unpaired) electrons. The van der Waals surface area contributed by atoms with Crippen molar-refractivity contribution in [1.29, 1.82) is 0 Å². The van der Waals surface area contributed by atoms with E-state index < -0.39 is 0 Å². The van der Waals surface area contributed by atoms with Crippen molar-refractivity contribution in [2.24, 2.45) is 5.92 Å². The van der Waals surface area contributed by atoms with Crippen molar-refractivity contribution < 1.29 is 9.47 Å². The van der Waals surface area contributed by atoms with Crippen molar-refractivity contribution in [3.63, 3.8) is 0 Å². The van der Waals surface area contributed by atoms with Crippen LogP contribution in [0.2, 0.25) is 0 Å². The second kappa shape index (κ2) is 5.29. The predicted molar refractivity (Wildman–Crippen MR) is 71.0 cm³/mol. The molecule has 1 saturated heterocycles. The number of para-hydroxylation sites is 1. The first-order valence-electron chi connectivity index (χ1n) is 6.88. The van der Waals surface area contributed by atoms with Crippen molar-refractivity contribution in [2.75, 3.05) is 19.8 Å². The Bertz CT molecular complexity index is 376. The Morgan fingerprint density at radius 3 is 3.06 bits per heavy atom. The monoisotopic (exact) mass is 247 g/mol. The Kier molecular flexibility index (Phi) is 3.52. The van der Waals surface area contributed by atoms with Gasteiger partial charge in [0.2, 0.25) is 0 Å². The highest BCUT2D eigenvalue weighted by molar-refractivity contribution is 5.37. The normalized spacial score (nSPS) is 27.8. The van der Waals surface area contributed by atoms with Crippen molar-refractivity contribution in [1.82, 2.24) is 5.32 Å². The van der Waals surface area contributed by atoms with Crippen LogP contribution in [0, 0.1) is 5.92 Å². The summed E-state index contributed by atoms with van der Waals surface area (Å²) in [4.78, 5) is 0. The third-order valence-electron chi connectivity index (χ3n) is 4.05. The summed E-state index contributed by atoms with van der Waals surface area (Å²) in [5, 5.41) is 3.60. The first-order chi connectivity index (χ1) is 8.83. The number of ether oxygens (including phenoxy) is 2. The van der Waals surface area contributed by atoms with Crippen LogP contribution in [0.3, 0.4) is 0 Å². The molecule has 2 aliphatic heterocycles. The highest BCUT2D eigenvalue weighted by Crippen LogP contribution is 2.28. The molecule has 3 rings (SSSR count). The van der Waals surface area contributed by atoms with Gasteiger partial charge in [-0.05, 0) is 30.9 Å². The minimum atomic E-state index is 0.284. The summed E-state index contributed by atoms with van der Waals surface area (Å²) in [5.41, 5.74) is 1.33. The highest BCUT2D eigenvalue weighted by atomic mass is 16.5. The molecule has 1 aromatic carbocycles. The smallest absolute Gasteiger partial charge is 0.123 e. The van der Waals surface area contributed by atoms with Crippen LogP contribution in [0.25, 0.3) is 0 Å². The fraction of sp³-hybridized carbons (Fsp3) is 0.600. The summed E-state index contributed by atoms with van der Waals surface area (Å²) in [5.74, 6) is 1.72. The second-order valence-electron chi connectivity index (χ2n) is 5.37. The molecule has 0 saturated carbocycles. The average molecular weight is 247 g/mol. The van der Waals surface area contributed by atoms with E-state index in [4.69, 9.17) is 9.47 Å². The zero-order valence-electron chi connectivity index (χ0n) is 10.9. The van der Waals surface area contributed by atoms with Crippen LogP contribution in [0.5, 0.6) is 5.75 Å². The predicted octanol–water partition coefficient (Wildman–Crippen LogP) is 2.00. The maximum absolute atomic E-state index is 5.93. The molecule has 1 N–H and O–H groups in total. The van der Waals surface area contributed by atoms with E-state index in [0.29, 0.717) is 12.0 Å². The third-order valence-corrected chi connectivity index (χ3v) is 4.05. The number of hydrogen-bond acceptors (Lipinski definition) is 3. The minimum Gasteiger partial charge on any atom is -0.488 e. The van der Waals surface area contributed by atoms with Crippen molar-refractivity contribution in [3.8, 4) is 5.75 Å². The van der Waals surface area contributed by atoms with Gasteiger partial charge in [0, 0.05) is 25.6 Å². The van der Waals surface area contributed by atoms with Gasteiger partial charge >= 0.3 is 0 Å². The SMILES string of the molecule is CC(NCC1Cc2ccccc2O1)C1CCOC1. The van der Waals surface area contributed by atoms with Gasteiger partial charge in [-0.1, -0.05) is 18.2 Å². The van der Waals surface area contributed by atoms with Gasteiger partial charge in [0.25, 0.3) is 0 Å². The summed E-state index contributed by atoms with van der Waals surface area (Å²) in [7, 11) is 0. The number of rotatable bonds is 4. The Hall–Kier alpha value is -1.06. The lowest BCUT2D eigenvalue weighted by Gasteiger charge is -2.21. The van der Waals surface area contributed by atoms with E-state index in [0.717, 1.165) is 31.9 Å². The fourth-order valence-corrected chi connectivity index (χ4v) is 2.80. The van der Waals surface area contributed by atoms with Crippen LogP contribution >= 0.6 is 0 Å². The molecule has 3 atom stereocenters. The van der Waals surface area contributed by atoms with Gasteiger partial charge in [0.15, 0.2) is 0 Å². The number of nitrogens with one attached hydrogen (secondary N) is 1. The molecule has 2 aliphatic rings. The summed E-state index contributed by atoms with van der Waals surface area (Å²) < 4.78 is 11.4. The van der Waals surface area contributed by atoms with Crippen molar-refractivity contribution >= 4 is 0 Å². The van der Waals surface area contributed by atoms with Gasteiger partial charge < -0.3 is 14.8 Å². The van der Waals surface area contributed by atoms with Crippen LogP contribution in [-0.4, -0.2) is 31.9 Å². The molecule has 3 nitrogen and oxygen atoms in total. The molecule has 3 heteroatoms. The molecule has 0 amide bonds. The quantitative estimate of drug-likeness (QED) is 0.883. The molecule has 18 heavy (non-hydrogen) atoms. The Morgan fingerprint density at radius 2 is 2.28 bits per heavy atom. The maximum Gasteiger partial charge on any atom is 0.123 e. The standard InChI is InChI=1S/C15H21NO2/c1-11(13-6-7-17-10-13)16-9-14-8-12-4-2-3-5-15(12)18-14/h2-5,11,13-14,16H,6-10H2,1H3. The first-order valence-corrected chi connectivity index (χ1v) is 6.88. The van der Waals surface area contributed by atoms with Crippen LogP contribution in [-0.2, 0) is 11.2 Å². The summed E-state index contributed by atoms with van der Waals surface area (Å²) in [6.45, 7) is 5.00. The maximum atomic E-state index is 5.93. The highest BCUT2D eigenvalue weighted by Gasteiger charge is 2.25. The molecule has 0 bridgehead atoms. The van der Waals surface area contributed by atoms with Gasteiger partial charge in [-0.3, -0.25) is 0 Å². The summed E-state index contributed by atoms with van der Waals surface area (Å²) in [6.07, 6.45) is 2.49. The number of hydrogen-bond donors (Lipinski definition) is 1. The molecule has 0 spiro atoms. The van der Waals surface area contributed by atoms with E-state index in [-0.39, 0.29) is 6.10 Å². The van der Waals surface area contributed by atoms with Crippen LogP contribution in [0.4, 0.5) is 0 Å². The average Bonchev–Trinajstić information content (AvgIpc) is 3.04. The van der Waals surface area contributed by atoms with Crippen molar-refractivity contribution in [2.45, 2.75) is 31.9 Å². The zero-order valence-corrected chi connectivity index (χ0v) is 10.9. The Balaban J connectivity index is 1.48. The van der Waals surface area contributed by atoms with E-state index in [1.807, 2.05) is 6.07 Å². The van der Waals surface area contributed by atoms with Gasteiger partial charge in [0.05, 0.1) is 6.61 Å². The largest absolute Gasteiger partial charge is 0.488 e. The molecule has 1 fully saturated rings. The molecule has 98 valence electrons. The molecular formula is C15H21NO2. The van der Waals surface area contributed by atoms with Gasteiger partial charge in [-0.25, -0.2) is 0 Å². The minimum absolute atomic E-state index is 0.284. The fourth-order valence-electron chi connectivity index (χ4n) is 2.80. The third kappa shape index (κ3) is 2.52. The van der Waals surface area contributed by atoms with E-state index in [2.05, 4.69) is 30.4 Å². The molecule has 1 aromatic rings. The van der Waals surface area contributed by atoms with Gasteiger partial charge in [-0.15, -0.1) is 0 Å².